The normalized spacial score (nSPS) is 12.2. The number of carbonyl (C=O) groups is 1. The van der Waals surface area contributed by atoms with E-state index in [4.69, 9.17) is 0 Å². The second-order valence-electron chi connectivity index (χ2n) is 4.00. The van der Waals surface area contributed by atoms with Crippen LogP contribution in [0.25, 0.3) is 0 Å². The van der Waals surface area contributed by atoms with E-state index in [-0.39, 0.29) is 24.3 Å². The van der Waals surface area contributed by atoms with Gasteiger partial charge in [-0.3, -0.25) is 4.79 Å². The zero-order valence-corrected chi connectivity index (χ0v) is 10.3. The van der Waals surface area contributed by atoms with Crippen molar-refractivity contribution < 1.29 is 9.18 Å². The molecule has 0 fully saturated rings. The Balaban J connectivity index is 2.36. The van der Waals surface area contributed by atoms with Crippen LogP contribution in [0.1, 0.15) is 31.9 Å². The molecule has 0 aromatic heterocycles. The second kappa shape index (κ2) is 7.01. The molecule has 17 heavy (non-hydrogen) atoms. The van der Waals surface area contributed by atoms with Crippen LogP contribution in [0.15, 0.2) is 24.3 Å². The first-order chi connectivity index (χ1) is 8.13. The fourth-order valence-corrected chi connectivity index (χ4v) is 1.44. The lowest BCUT2D eigenvalue weighted by Gasteiger charge is -2.14. The van der Waals surface area contributed by atoms with Gasteiger partial charge in [-0.05, 0) is 31.0 Å². The molecule has 1 aromatic carbocycles. The number of hydrogen-bond acceptors (Lipinski definition) is 2. The first-order valence-corrected chi connectivity index (χ1v) is 5.89. The van der Waals surface area contributed by atoms with Gasteiger partial charge in [-0.15, -0.1) is 0 Å². The summed E-state index contributed by atoms with van der Waals surface area (Å²) in [4.78, 5) is 11.4. The zero-order chi connectivity index (χ0) is 12.7. The molecule has 0 heterocycles. The summed E-state index contributed by atoms with van der Waals surface area (Å²) < 4.78 is 12.7. The van der Waals surface area contributed by atoms with E-state index in [0.29, 0.717) is 6.54 Å². The van der Waals surface area contributed by atoms with Gasteiger partial charge in [0.1, 0.15) is 5.82 Å². The minimum atomic E-state index is -0.248. The molecule has 1 unspecified atom stereocenters. The summed E-state index contributed by atoms with van der Waals surface area (Å²) in [5.41, 5.74) is 0.967. The Bertz CT molecular complexity index is 351. The van der Waals surface area contributed by atoms with Crippen molar-refractivity contribution in [3.8, 4) is 0 Å². The van der Waals surface area contributed by atoms with Crippen molar-refractivity contribution in [1.29, 1.82) is 0 Å². The van der Waals surface area contributed by atoms with E-state index in [1.165, 1.54) is 12.1 Å². The van der Waals surface area contributed by atoms with Crippen molar-refractivity contribution in [3.63, 3.8) is 0 Å². The van der Waals surface area contributed by atoms with Crippen LogP contribution in [0, 0.1) is 5.82 Å². The third-order valence-corrected chi connectivity index (χ3v) is 2.51. The number of hydrogen-bond donors (Lipinski definition) is 2. The lowest BCUT2D eigenvalue weighted by molar-refractivity contribution is -0.120. The number of amides is 1. The molecule has 1 aromatic rings. The van der Waals surface area contributed by atoms with Crippen LogP contribution in [0.2, 0.25) is 0 Å². The Morgan fingerprint density at radius 2 is 2.00 bits per heavy atom. The molecule has 4 heteroatoms. The van der Waals surface area contributed by atoms with Crippen molar-refractivity contribution in [2.75, 3.05) is 13.1 Å². The summed E-state index contributed by atoms with van der Waals surface area (Å²) in [5, 5.41) is 5.88. The molecule has 0 radical (unpaired) electrons. The molecule has 1 amide bonds. The highest BCUT2D eigenvalue weighted by molar-refractivity contribution is 5.77. The van der Waals surface area contributed by atoms with Crippen molar-refractivity contribution in [3.05, 3.63) is 35.6 Å². The largest absolute Gasteiger partial charge is 0.355 e. The van der Waals surface area contributed by atoms with Crippen LogP contribution in [-0.2, 0) is 4.79 Å². The van der Waals surface area contributed by atoms with E-state index >= 15 is 0 Å². The maximum atomic E-state index is 12.7. The van der Waals surface area contributed by atoms with Crippen LogP contribution in [0.3, 0.4) is 0 Å². The lowest BCUT2D eigenvalue weighted by Crippen LogP contribution is -2.35. The summed E-state index contributed by atoms with van der Waals surface area (Å²) in [5.74, 6) is -0.262. The van der Waals surface area contributed by atoms with Crippen molar-refractivity contribution in [2.24, 2.45) is 0 Å². The van der Waals surface area contributed by atoms with Gasteiger partial charge < -0.3 is 10.6 Å². The maximum absolute atomic E-state index is 12.7. The van der Waals surface area contributed by atoms with Gasteiger partial charge in [0, 0.05) is 12.6 Å². The molecule has 0 saturated heterocycles. The Labute approximate surface area is 101 Å². The smallest absolute Gasteiger partial charge is 0.233 e. The first-order valence-electron chi connectivity index (χ1n) is 5.89. The molecule has 1 atom stereocenters. The Kier molecular flexibility index (Phi) is 5.63. The highest BCUT2D eigenvalue weighted by Gasteiger charge is 2.07. The predicted octanol–water partition coefficient (Wildman–Crippen LogP) is 2.00. The average molecular weight is 238 g/mol. The highest BCUT2D eigenvalue weighted by atomic mass is 19.1. The van der Waals surface area contributed by atoms with Gasteiger partial charge in [-0.25, -0.2) is 4.39 Å². The summed E-state index contributed by atoms with van der Waals surface area (Å²) in [6, 6.07) is 6.31. The summed E-state index contributed by atoms with van der Waals surface area (Å²) in [6.45, 7) is 4.93. The molecule has 2 N–H and O–H groups in total. The van der Waals surface area contributed by atoms with E-state index in [1.54, 1.807) is 12.1 Å². The van der Waals surface area contributed by atoms with Crippen LogP contribution in [-0.4, -0.2) is 19.0 Å². The maximum Gasteiger partial charge on any atom is 0.233 e. The number of nitrogens with one attached hydrogen (secondary N) is 2. The number of benzene rings is 1. The second-order valence-corrected chi connectivity index (χ2v) is 4.00. The molecule has 0 aliphatic carbocycles. The summed E-state index contributed by atoms with van der Waals surface area (Å²) >= 11 is 0. The molecule has 0 aliphatic rings. The zero-order valence-electron chi connectivity index (χ0n) is 10.3. The van der Waals surface area contributed by atoms with Gasteiger partial charge >= 0.3 is 0 Å². The van der Waals surface area contributed by atoms with E-state index in [1.807, 2.05) is 13.8 Å². The molecule has 0 bridgehead atoms. The van der Waals surface area contributed by atoms with Crippen LogP contribution in [0.4, 0.5) is 4.39 Å². The van der Waals surface area contributed by atoms with Gasteiger partial charge in [-0.2, -0.15) is 0 Å². The molecule has 3 nitrogen and oxygen atoms in total. The first kappa shape index (κ1) is 13.6. The lowest BCUT2D eigenvalue weighted by atomic mass is 10.1. The number of halogens is 1. The minimum Gasteiger partial charge on any atom is -0.355 e. The number of rotatable bonds is 6. The number of carbonyl (C=O) groups excluding carboxylic acids is 1. The summed E-state index contributed by atoms with van der Waals surface area (Å²) in [6.07, 6.45) is 0.930. The average Bonchev–Trinajstić information content (AvgIpc) is 2.34. The third kappa shape index (κ3) is 4.95. The molecule has 0 spiro atoms. The van der Waals surface area contributed by atoms with E-state index in [2.05, 4.69) is 10.6 Å². The minimum absolute atomic E-state index is 0.0131. The standard InChI is InChI=1S/C13H19FN2O/c1-3-8-15-13(17)9-16-10(2)11-4-6-12(14)7-5-11/h4-7,10,16H,3,8-9H2,1-2H3,(H,15,17). The van der Waals surface area contributed by atoms with Crippen LogP contribution in [0.5, 0.6) is 0 Å². The van der Waals surface area contributed by atoms with Crippen LogP contribution < -0.4 is 10.6 Å². The van der Waals surface area contributed by atoms with Crippen molar-refractivity contribution in [1.82, 2.24) is 10.6 Å². The van der Waals surface area contributed by atoms with Crippen molar-refractivity contribution in [2.45, 2.75) is 26.3 Å². The quantitative estimate of drug-likeness (QED) is 0.796. The van der Waals surface area contributed by atoms with E-state index < -0.39 is 0 Å². The van der Waals surface area contributed by atoms with E-state index in [9.17, 15) is 9.18 Å². The van der Waals surface area contributed by atoms with Gasteiger partial charge in [0.05, 0.1) is 6.54 Å². The highest BCUT2D eigenvalue weighted by Crippen LogP contribution is 2.12. The van der Waals surface area contributed by atoms with Gasteiger partial charge in [0.25, 0.3) is 0 Å². The fourth-order valence-electron chi connectivity index (χ4n) is 1.44. The summed E-state index contributed by atoms with van der Waals surface area (Å²) in [7, 11) is 0. The SMILES string of the molecule is CCCNC(=O)CNC(C)c1ccc(F)cc1. The van der Waals surface area contributed by atoms with Gasteiger partial charge in [0.15, 0.2) is 0 Å². The molecular formula is C13H19FN2O. The Morgan fingerprint density at radius 3 is 2.59 bits per heavy atom. The molecule has 1 rings (SSSR count). The van der Waals surface area contributed by atoms with Crippen molar-refractivity contribution >= 4 is 5.91 Å². The van der Waals surface area contributed by atoms with Gasteiger partial charge in [-0.1, -0.05) is 19.1 Å². The molecule has 0 aliphatic heterocycles. The topological polar surface area (TPSA) is 41.1 Å². The third-order valence-electron chi connectivity index (χ3n) is 2.51. The van der Waals surface area contributed by atoms with E-state index in [0.717, 1.165) is 12.0 Å². The van der Waals surface area contributed by atoms with Gasteiger partial charge in [0.2, 0.25) is 5.91 Å². The molecule has 0 saturated carbocycles. The Morgan fingerprint density at radius 1 is 1.35 bits per heavy atom. The fraction of sp³-hybridized carbons (Fsp3) is 0.462. The predicted molar refractivity (Wildman–Crippen MR) is 66.1 cm³/mol. The molecular weight excluding hydrogens is 219 g/mol. The van der Waals surface area contributed by atoms with Crippen LogP contribution >= 0.6 is 0 Å². The Hall–Kier alpha value is -1.42. The monoisotopic (exact) mass is 238 g/mol. The molecule has 94 valence electrons.